The fourth-order valence-corrected chi connectivity index (χ4v) is 3.34. The van der Waals surface area contributed by atoms with Crippen LogP contribution in [0.2, 0.25) is 0 Å². The number of aromatic nitrogens is 4. The fraction of sp³-hybridized carbons (Fsp3) is 0.375. The molecule has 0 aliphatic carbocycles. The molecule has 26 heavy (non-hydrogen) atoms. The van der Waals surface area contributed by atoms with Gasteiger partial charge >= 0.3 is 11.8 Å². The van der Waals surface area contributed by atoms with Crippen LogP contribution < -0.4 is 16.0 Å². The van der Waals surface area contributed by atoms with Gasteiger partial charge in [-0.2, -0.15) is 0 Å². The van der Waals surface area contributed by atoms with Crippen molar-refractivity contribution < 1.29 is 9.59 Å². The molecule has 4 rings (SSSR count). The van der Waals surface area contributed by atoms with Crippen LogP contribution in [0, 0.1) is 0 Å². The zero-order valence-corrected chi connectivity index (χ0v) is 15.0. The number of fused-ring (bicyclic) bond motifs is 3. The molecule has 0 spiro atoms. The summed E-state index contributed by atoms with van der Waals surface area (Å²) in [6.45, 7) is 1.87. The Balaban J connectivity index is 0.00000196. The van der Waals surface area contributed by atoms with Gasteiger partial charge in [-0.05, 0) is 32.0 Å². The molecular formula is C16H20ClN7O2. The zero-order valence-electron chi connectivity index (χ0n) is 14.2. The molecule has 2 amide bonds. The van der Waals surface area contributed by atoms with Crippen molar-refractivity contribution in [3.05, 3.63) is 18.5 Å². The molecule has 0 atom stereocenters. The maximum absolute atomic E-state index is 12.0. The molecule has 138 valence electrons. The minimum Gasteiger partial charge on any atom is -0.351 e. The minimum absolute atomic E-state index is 0. The first kappa shape index (κ1) is 18.2. The lowest BCUT2D eigenvalue weighted by atomic mass is 10.1. The number of carbonyl (C=O) groups excluding carboxylic acids is 2. The van der Waals surface area contributed by atoms with E-state index in [-0.39, 0.29) is 18.4 Å². The maximum Gasteiger partial charge on any atom is 0.314 e. The molecular weight excluding hydrogens is 358 g/mol. The van der Waals surface area contributed by atoms with Crippen molar-refractivity contribution in [1.29, 1.82) is 0 Å². The Bertz CT molecular complexity index is 958. The average Bonchev–Trinajstić information content (AvgIpc) is 3.26. The van der Waals surface area contributed by atoms with Gasteiger partial charge in [0.1, 0.15) is 5.82 Å². The van der Waals surface area contributed by atoms with Crippen LogP contribution in [-0.2, 0) is 9.59 Å². The van der Waals surface area contributed by atoms with Gasteiger partial charge in [0.05, 0.1) is 16.9 Å². The fourth-order valence-electron chi connectivity index (χ4n) is 3.34. The Morgan fingerprint density at radius 2 is 1.96 bits per heavy atom. The van der Waals surface area contributed by atoms with Gasteiger partial charge in [0.25, 0.3) is 0 Å². The van der Waals surface area contributed by atoms with Crippen molar-refractivity contribution in [1.82, 2.24) is 30.4 Å². The first-order valence-corrected chi connectivity index (χ1v) is 8.26. The SMILES string of the molecule is CNC(=O)C(=O)Nc1[nH]n(C2CCNCC2)c2c1cnc1nccc12.Cl. The smallest absolute Gasteiger partial charge is 0.314 e. The van der Waals surface area contributed by atoms with E-state index in [4.69, 9.17) is 0 Å². The van der Waals surface area contributed by atoms with E-state index >= 15 is 0 Å². The maximum atomic E-state index is 12.0. The normalized spacial score (nSPS) is 15.0. The van der Waals surface area contributed by atoms with Gasteiger partial charge < -0.3 is 16.0 Å². The number of aromatic amines is 1. The van der Waals surface area contributed by atoms with Crippen LogP contribution in [0.5, 0.6) is 0 Å². The van der Waals surface area contributed by atoms with E-state index in [0.29, 0.717) is 11.5 Å². The molecule has 0 bridgehead atoms. The van der Waals surface area contributed by atoms with Crippen LogP contribution in [-0.4, -0.2) is 51.7 Å². The number of amides is 2. The number of carbonyl (C=O) groups is 2. The molecule has 0 radical (unpaired) electrons. The molecule has 4 heterocycles. The minimum atomic E-state index is -0.719. The Kier molecular flexibility index (Phi) is 5.10. The first-order valence-electron chi connectivity index (χ1n) is 8.26. The number of hydrogen-bond donors (Lipinski definition) is 4. The number of hydrogen-bond acceptors (Lipinski definition) is 5. The molecule has 1 fully saturated rings. The summed E-state index contributed by atoms with van der Waals surface area (Å²) in [7, 11) is 1.42. The monoisotopic (exact) mass is 377 g/mol. The molecule has 1 aliphatic heterocycles. The third kappa shape index (κ3) is 2.99. The summed E-state index contributed by atoms with van der Waals surface area (Å²) < 4.78 is 2.07. The lowest BCUT2D eigenvalue weighted by Crippen LogP contribution is -2.33. The van der Waals surface area contributed by atoms with Gasteiger partial charge in [-0.15, -0.1) is 12.4 Å². The van der Waals surface area contributed by atoms with Gasteiger partial charge in [-0.1, -0.05) is 0 Å². The molecule has 3 aromatic rings. The lowest BCUT2D eigenvalue weighted by molar-refractivity contribution is -0.135. The summed E-state index contributed by atoms with van der Waals surface area (Å²) in [5.41, 5.74) is 1.61. The van der Waals surface area contributed by atoms with Gasteiger partial charge in [-0.3, -0.25) is 19.4 Å². The van der Waals surface area contributed by atoms with E-state index in [2.05, 4.69) is 35.7 Å². The number of halogens is 1. The summed E-state index contributed by atoms with van der Waals surface area (Å²) in [4.78, 5) is 32.2. The molecule has 1 aliphatic rings. The van der Waals surface area contributed by atoms with Crippen LogP contribution in [0.25, 0.3) is 21.9 Å². The molecule has 10 heteroatoms. The lowest BCUT2D eigenvalue weighted by Gasteiger charge is -2.24. The van der Waals surface area contributed by atoms with Crippen LogP contribution in [0.1, 0.15) is 18.9 Å². The van der Waals surface area contributed by atoms with Crippen LogP contribution >= 0.6 is 12.4 Å². The average molecular weight is 378 g/mol. The Morgan fingerprint density at radius 1 is 1.19 bits per heavy atom. The third-order valence-electron chi connectivity index (χ3n) is 4.59. The number of rotatable bonds is 2. The summed E-state index contributed by atoms with van der Waals surface area (Å²) in [5.74, 6) is -0.943. The Morgan fingerprint density at radius 3 is 2.69 bits per heavy atom. The predicted molar refractivity (Wildman–Crippen MR) is 100 cm³/mol. The molecule has 4 N–H and O–H groups in total. The molecule has 1 saturated heterocycles. The van der Waals surface area contributed by atoms with Crippen LogP contribution in [0.15, 0.2) is 18.5 Å². The Hall–Kier alpha value is -2.65. The Labute approximate surface area is 155 Å². The van der Waals surface area contributed by atoms with Crippen molar-refractivity contribution in [2.45, 2.75) is 18.9 Å². The topological polar surface area (TPSA) is 117 Å². The zero-order chi connectivity index (χ0) is 17.4. The number of piperidine rings is 1. The second-order valence-corrected chi connectivity index (χ2v) is 6.07. The highest BCUT2D eigenvalue weighted by Gasteiger charge is 2.23. The number of nitrogens with zero attached hydrogens (tertiary/aromatic N) is 3. The molecule has 0 unspecified atom stereocenters. The van der Waals surface area contributed by atoms with Gasteiger partial charge in [-0.25, -0.2) is 9.97 Å². The second kappa shape index (κ2) is 7.30. The first-order chi connectivity index (χ1) is 12.2. The number of anilines is 1. The van der Waals surface area contributed by atoms with Crippen molar-refractivity contribution in [2.24, 2.45) is 0 Å². The second-order valence-electron chi connectivity index (χ2n) is 6.07. The van der Waals surface area contributed by atoms with Gasteiger partial charge in [0.15, 0.2) is 5.65 Å². The molecule has 9 nitrogen and oxygen atoms in total. The van der Waals surface area contributed by atoms with E-state index < -0.39 is 11.8 Å². The van der Waals surface area contributed by atoms with Gasteiger partial charge in [0.2, 0.25) is 0 Å². The van der Waals surface area contributed by atoms with Crippen molar-refractivity contribution in [3.8, 4) is 0 Å². The predicted octanol–water partition coefficient (Wildman–Crippen LogP) is 0.943. The van der Waals surface area contributed by atoms with Crippen molar-refractivity contribution >= 4 is 52.0 Å². The number of nitrogens with one attached hydrogen (secondary N) is 4. The number of H-pyrrole nitrogens is 1. The van der Waals surface area contributed by atoms with Crippen molar-refractivity contribution in [3.63, 3.8) is 0 Å². The third-order valence-corrected chi connectivity index (χ3v) is 4.59. The van der Waals surface area contributed by atoms with E-state index in [1.807, 2.05) is 6.07 Å². The van der Waals surface area contributed by atoms with E-state index in [0.717, 1.165) is 42.2 Å². The molecule has 3 aromatic heterocycles. The van der Waals surface area contributed by atoms with E-state index in [1.54, 1.807) is 12.4 Å². The molecule has 0 aromatic carbocycles. The largest absolute Gasteiger partial charge is 0.351 e. The summed E-state index contributed by atoms with van der Waals surface area (Å²) in [6, 6.07) is 2.19. The highest BCUT2D eigenvalue weighted by Crippen LogP contribution is 2.32. The van der Waals surface area contributed by atoms with E-state index in [1.165, 1.54) is 7.05 Å². The number of likely N-dealkylation sites (N-methyl/N-ethyl adjacent to an activating group) is 1. The highest BCUT2D eigenvalue weighted by molar-refractivity contribution is 6.40. The van der Waals surface area contributed by atoms with E-state index in [9.17, 15) is 9.59 Å². The van der Waals surface area contributed by atoms with Gasteiger partial charge in [0, 0.05) is 24.8 Å². The quantitative estimate of drug-likeness (QED) is 0.496. The van der Waals surface area contributed by atoms with Crippen molar-refractivity contribution in [2.75, 3.05) is 25.5 Å². The van der Waals surface area contributed by atoms with Crippen LogP contribution in [0.4, 0.5) is 5.82 Å². The van der Waals surface area contributed by atoms with Crippen LogP contribution in [0.3, 0.4) is 0 Å². The summed E-state index contributed by atoms with van der Waals surface area (Å²) >= 11 is 0. The molecule has 0 saturated carbocycles. The highest BCUT2D eigenvalue weighted by atomic mass is 35.5. The summed E-state index contributed by atoms with van der Waals surface area (Å²) in [5, 5.41) is 13.3. The standard InChI is InChI=1S/C16H19N7O2.ClH/c1-17-15(24)16(25)21-14-11-8-20-13-10(4-7-19-13)12(11)23(22-14)9-2-5-18-6-3-9;/h4,7-9,18,22H,2-3,5-6H2,1H3,(H,17,24)(H,21,25);1H. The summed E-state index contributed by atoms with van der Waals surface area (Å²) in [6.07, 6.45) is 5.35. The number of pyridine rings is 1.